The molecule has 4 N–H and O–H groups in total. The molecule has 2 amide bonds. The molecule has 2 aromatic rings. The van der Waals surface area contributed by atoms with E-state index < -0.39 is 5.60 Å². The van der Waals surface area contributed by atoms with E-state index in [4.69, 9.17) is 5.73 Å². The zero-order chi connectivity index (χ0) is 22.7. The molecule has 2 aliphatic heterocycles. The maximum atomic E-state index is 13.1. The monoisotopic (exact) mass is 457 g/mol. The van der Waals surface area contributed by atoms with Crippen molar-refractivity contribution in [3.63, 3.8) is 0 Å². The van der Waals surface area contributed by atoms with Crippen molar-refractivity contribution >= 4 is 28.2 Å². The highest BCUT2D eigenvalue weighted by molar-refractivity contribution is 7.19. The van der Waals surface area contributed by atoms with Crippen LogP contribution in [0.2, 0.25) is 0 Å². The van der Waals surface area contributed by atoms with Crippen molar-refractivity contribution in [2.24, 2.45) is 0 Å². The first-order chi connectivity index (χ1) is 15.4. The van der Waals surface area contributed by atoms with Gasteiger partial charge in [-0.25, -0.2) is 0 Å². The Kier molecular flexibility index (Phi) is 6.78. The van der Waals surface area contributed by atoms with Gasteiger partial charge in [0.15, 0.2) is 5.60 Å². The Morgan fingerprint density at radius 1 is 1.34 bits per heavy atom. The number of likely N-dealkylation sites (tertiary alicyclic amines) is 2. The fourth-order valence-corrected chi connectivity index (χ4v) is 5.63. The number of carbonyl (C=O) groups excluding carboxylic acids is 2. The van der Waals surface area contributed by atoms with E-state index in [2.05, 4.69) is 15.2 Å². The summed E-state index contributed by atoms with van der Waals surface area (Å²) in [4.78, 5) is 34.6. The summed E-state index contributed by atoms with van der Waals surface area (Å²) in [7, 11) is 0. The van der Waals surface area contributed by atoms with Crippen LogP contribution in [0.5, 0.6) is 0 Å². The number of piperidine rings is 2. The Morgan fingerprint density at radius 3 is 2.81 bits per heavy atom. The number of thiophene rings is 1. The van der Waals surface area contributed by atoms with Crippen molar-refractivity contribution in [2.45, 2.75) is 44.2 Å². The van der Waals surface area contributed by atoms with E-state index in [1.165, 1.54) is 11.3 Å². The molecule has 2 aromatic heterocycles. The second kappa shape index (κ2) is 9.56. The van der Waals surface area contributed by atoms with Crippen LogP contribution in [0.15, 0.2) is 30.6 Å². The maximum absolute atomic E-state index is 13.1. The molecule has 0 aliphatic carbocycles. The SMILES string of the molecule is CCNC(=O)C1(O)CCCN(C2CCN(C(=O)c3cc(-c4cccnc4)sc3N)CC2)C1. The van der Waals surface area contributed by atoms with Gasteiger partial charge in [-0.15, -0.1) is 11.3 Å². The number of aliphatic hydroxyl groups is 1. The fraction of sp³-hybridized carbons (Fsp3) is 0.522. The van der Waals surface area contributed by atoms with E-state index in [-0.39, 0.29) is 17.9 Å². The number of likely N-dealkylation sites (N-methyl/N-ethyl adjacent to an activating group) is 1. The molecule has 172 valence electrons. The number of nitrogen functional groups attached to an aromatic ring is 1. The largest absolute Gasteiger partial charge is 0.390 e. The second-order valence-corrected chi connectivity index (χ2v) is 9.70. The van der Waals surface area contributed by atoms with Gasteiger partial charge in [-0.1, -0.05) is 6.07 Å². The molecule has 4 heterocycles. The summed E-state index contributed by atoms with van der Waals surface area (Å²) in [6.45, 7) is 4.86. The average Bonchev–Trinajstić information content (AvgIpc) is 3.21. The van der Waals surface area contributed by atoms with Crippen LogP contribution in [-0.4, -0.2) is 76.1 Å². The number of anilines is 1. The van der Waals surface area contributed by atoms with Gasteiger partial charge < -0.3 is 21.1 Å². The molecule has 0 radical (unpaired) electrons. The van der Waals surface area contributed by atoms with Gasteiger partial charge in [0.25, 0.3) is 11.8 Å². The summed E-state index contributed by atoms with van der Waals surface area (Å²) in [5.74, 6) is -0.320. The second-order valence-electron chi connectivity index (χ2n) is 8.62. The van der Waals surface area contributed by atoms with E-state index >= 15 is 0 Å². The van der Waals surface area contributed by atoms with Crippen LogP contribution in [0.25, 0.3) is 10.4 Å². The van der Waals surface area contributed by atoms with Crippen LogP contribution >= 0.6 is 11.3 Å². The minimum Gasteiger partial charge on any atom is -0.390 e. The smallest absolute Gasteiger partial charge is 0.256 e. The molecule has 0 saturated carbocycles. The van der Waals surface area contributed by atoms with Gasteiger partial charge in [0.2, 0.25) is 0 Å². The Morgan fingerprint density at radius 2 is 2.12 bits per heavy atom. The Labute approximate surface area is 192 Å². The van der Waals surface area contributed by atoms with Crippen molar-refractivity contribution in [3.8, 4) is 10.4 Å². The van der Waals surface area contributed by atoms with Gasteiger partial charge in [-0.3, -0.25) is 19.5 Å². The van der Waals surface area contributed by atoms with Crippen LogP contribution in [0.3, 0.4) is 0 Å². The summed E-state index contributed by atoms with van der Waals surface area (Å²) in [6.07, 6.45) is 6.40. The van der Waals surface area contributed by atoms with Crippen molar-refractivity contribution in [3.05, 3.63) is 36.2 Å². The summed E-state index contributed by atoms with van der Waals surface area (Å²) in [5, 5.41) is 14.1. The minimum atomic E-state index is -1.32. The quantitative estimate of drug-likeness (QED) is 0.633. The lowest BCUT2D eigenvalue weighted by molar-refractivity contribution is -0.147. The van der Waals surface area contributed by atoms with Crippen molar-refractivity contribution < 1.29 is 14.7 Å². The number of carbonyl (C=O) groups is 2. The van der Waals surface area contributed by atoms with Crippen LogP contribution in [0.4, 0.5) is 5.00 Å². The molecule has 32 heavy (non-hydrogen) atoms. The third-order valence-electron chi connectivity index (χ3n) is 6.47. The fourth-order valence-electron chi connectivity index (χ4n) is 4.72. The first kappa shape index (κ1) is 22.7. The third-order valence-corrected chi connectivity index (χ3v) is 7.48. The Bertz CT molecular complexity index is 958. The van der Waals surface area contributed by atoms with Crippen LogP contribution < -0.4 is 11.1 Å². The van der Waals surface area contributed by atoms with Gasteiger partial charge in [0.05, 0.1) is 10.6 Å². The number of rotatable bonds is 5. The number of amides is 2. The summed E-state index contributed by atoms with van der Waals surface area (Å²) in [6, 6.07) is 5.94. The summed E-state index contributed by atoms with van der Waals surface area (Å²) >= 11 is 1.41. The highest BCUT2D eigenvalue weighted by Gasteiger charge is 2.42. The first-order valence-electron chi connectivity index (χ1n) is 11.2. The average molecular weight is 458 g/mol. The number of hydrogen-bond donors (Lipinski definition) is 3. The molecule has 9 heteroatoms. The standard InChI is InChI=1S/C23H31N5O3S/c1-2-26-22(30)23(31)8-4-10-28(15-23)17-6-11-27(12-7-17)21(29)18-13-19(32-20(18)24)16-5-3-9-25-14-16/h3,5,9,13-14,17,31H,2,4,6-8,10-12,15,24H2,1H3,(H,26,30). The Balaban J connectivity index is 1.37. The van der Waals surface area contributed by atoms with E-state index in [1.54, 1.807) is 12.4 Å². The zero-order valence-electron chi connectivity index (χ0n) is 18.4. The van der Waals surface area contributed by atoms with Gasteiger partial charge in [-0.2, -0.15) is 0 Å². The molecule has 2 saturated heterocycles. The van der Waals surface area contributed by atoms with E-state index in [0.717, 1.165) is 36.2 Å². The molecule has 1 atom stereocenters. The molecule has 2 fully saturated rings. The highest BCUT2D eigenvalue weighted by atomic mass is 32.1. The molecule has 0 aromatic carbocycles. The molecule has 0 bridgehead atoms. The molecule has 0 spiro atoms. The molecule has 8 nitrogen and oxygen atoms in total. The molecular formula is C23H31N5O3S. The summed E-state index contributed by atoms with van der Waals surface area (Å²) in [5.41, 5.74) is 6.37. The van der Waals surface area contributed by atoms with E-state index in [9.17, 15) is 14.7 Å². The lowest BCUT2D eigenvalue weighted by atomic mass is 9.89. The van der Waals surface area contributed by atoms with E-state index in [1.807, 2.05) is 30.0 Å². The number of aromatic nitrogens is 1. The zero-order valence-corrected chi connectivity index (χ0v) is 19.2. The number of nitrogens with two attached hydrogens (primary N) is 1. The predicted molar refractivity (Wildman–Crippen MR) is 125 cm³/mol. The minimum absolute atomic E-state index is 0.0372. The van der Waals surface area contributed by atoms with E-state index in [0.29, 0.717) is 43.2 Å². The first-order valence-corrected chi connectivity index (χ1v) is 12.1. The molecule has 2 aliphatic rings. The number of β-amino-alcohol motifs (C(OH)–C–C–N with tert-alkyl or cyclic N) is 1. The number of pyridine rings is 1. The molecule has 1 unspecified atom stereocenters. The lowest BCUT2D eigenvalue weighted by Gasteiger charge is -2.44. The van der Waals surface area contributed by atoms with Gasteiger partial charge in [-0.05, 0) is 51.3 Å². The van der Waals surface area contributed by atoms with Gasteiger partial charge in [0.1, 0.15) is 0 Å². The van der Waals surface area contributed by atoms with Crippen LogP contribution in [-0.2, 0) is 4.79 Å². The van der Waals surface area contributed by atoms with Crippen molar-refractivity contribution in [2.75, 3.05) is 38.5 Å². The Hall–Kier alpha value is -2.49. The molecular weight excluding hydrogens is 426 g/mol. The predicted octanol–water partition coefficient (Wildman–Crippen LogP) is 1.96. The number of nitrogens with one attached hydrogen (secondary N) is 1. The topological polar surface area (TPSA) is 112 Å². The third kappa shape index (κ3) is 4.65. The van der Waals surface area contributed by atoms with Crippen LogP contribution in [0.1, 0.15) is 43.0 Å². The number of nitrogens with zero attached hydrogens (tertiary/aromatic N) is 3. The van der Waals surface area contributed by atoms with Crippen molar-refractivity contribution in [1.29, 1.82) is 0 Å². The van der Waals surface area contributed by atoms with Crippen molar-refractivity contribution in [1.82, 2.24) is 20.1 Å². The number of hydrogen-bond acceptors (Lipinski definition) is 7. The van der Waals surface area contributed by atoms with Gasteiger partial charge >= 0.3 is 0 Å². The summed E-state index contributed by atoms with van der Waals surface area (Å²) < 4.78 is 0. The maximum Gasteiger partial charge on any atom is 0.256 e. The normalized spacial score (nSPS) is 22.6. The lowest BCUT2D eigenvalue weighted by Crippen LogP contribution is -2.60. The van der Waals surface area contributed by atoms with Crippen LogP contribution in [0, 0.1) is 0 Å². The highest BCUT2D eigenvalue weighted by Crippen LogP contribution is 2.34. The molecule has 4 rings (SSSR count). The van der Waals surface area contributed by atoms with Gasteiger partial charge in [0, 0.05) is 55.1 Å².